The molecule has 6 heteroatoms. The van der Waals surface area contributed by atoms with Gasteiger partial charge in [0.2, 0.25) is 0 Å². The van der Waals surface area contributed by atoms with Gasteiger partial charge in [-0.15, -0.1) is 0 Å². The molecule has 0 saturated heterocycles. The lowest BCUT2D eigenvalue weighted by molar-refractivity contribution is 0.305. The van der Waals surface area contributed by atoms with E-state index in [2.05, 4.69) is 32.9 Å². The number of rotatable bonds is 3. The fourth-order valence-corrected chi connectivity index (χ4v) is 2.68. The van der Waals surface area contributed by atoms with Crippen LogP contribution in [0.1, 0.15) is 17.0 Å². The van der Waals surface area contributed by atoms with Crippen LogP contribution in [0.15, 0.2) is 47.2 Å². The average molecular weight is 305 g/mol. The van der Waals surface area contributed by atoms with Crippen molar-refractivity contribution in [1.29, 1.82) is 0 Å². The molecular formula is C17H15N5O. The second-order valence-electron chi connectivity index (χ2n) is 5.48. The van der Waals surface area contributed by atoms with Crippen molar-refractivity contribution in [2.75, 3.05) is 0 Å². The third-order valence-electron chi connectivity index (χ3n) is 3.94. The molecule has 0 aliphatic heterocycles. The predicted octanol–water partition coefficient (Wildman–Crippen LogP) is 3.15. The molecule has 6 nitrogen and oxygen atoms in total. The lowest BCUT2D eigenvalue weighted by atomic mass is 10.2. The summed E-state index contributed by atoms with van der Waals surface area (Å²) < 4.78 is 6.96. The smallest absolute Gasteiger partial charge is 0.173 e. The van der Waals surface area contributed by atoms with Gasteiger partial charge in [-0.05, 0) is 42.8 Å². The van der Waals surface area contributed by atoms with E-state index in [1.807, 2.05) is 43.5 Å². The van der Waals surface area contributed by atoms with Gasteiger partial charge in [0.25, 0.3) is 0 Å². The van der Waals surface area contributed by atoms with Crippen LogP contribution in [0.5, 0.6) is 0 Å². The van der Waals surface area contributed by atoms with Gasteiger partial charge in [0.1, 0.15) is 5.69 Å². The Morgan fingerprint density at radius 2 is 1.91 bits per heavy atom. The van der Waals surface area contributed by atoms with Gasteiger partial charge in [-0.25, -0.2) is 9.61 Å². The highest BCUT2D eigenvalue weighted by atomic mass is 16.6. The summed E-state index contributed by atoms with van der Waals surface area (Å²) in [6, 6.07) is 12.0. The highest BCUT2D eigenvalue weighted by molar-refractivity contribution is 5.80. The van der Waals surface area contributed by atoms with Crippen LogP contribution in [-0.4, -0.2) is 24.8 Å². The van der Waals surface area contributed by atoms with E-state index in [4.69, 9.17) is 9.61 Å². The highest BCUT2D eigenvalue weighted by Crippen LogP contribution is 2.26. The first-order valence-electron chi connectivity index (χ1n) is 7.39. The number of hydrogen-bond acceptors (Lipinski definition) is 5. The van der Waals surface area contributed by atoms with E-state index in [1.165, 1.54) is 0 Å². The number of imidazole rings is 1. The lowest BCUT2D eigenvalue weighted by Crippen LogP contribution is -2.06. The fourth-order valence-electron chi connectivity index (χ4n) is 2.68. The number of aromatic nitrogens is 5. The second-order valence-corrected chi connectivity index (χ2v) is 5.48. The zero-order valence-electron chi connectivity index (χ0n) is 12.9. The number of para-hydroxylation sites is 2. The minimum Gasteiger partial charge on any atom is -0.316 e. The van der Waals surface area contributed by atoms with E-state index in [9.17, 15) is 0 Å². The van der Waals surface area contributed by atoms with E-state index in [0.717, 1.165) is 33.8 Å². The van der Waals surface area contributed by atoms with Crippen LogP contribution in [0, 0.1) is 13.8 Å². The summed E-state index contributed by atoms with van der Waals surface area (Å²) in [6.07, 6.45) is 1.81. The summed E-state index contributed by atoms with van der Waals surface area (Å²) in [6.45, 7) is 4.54. The Kier molecular flexibility index (Phi) is 3.15. The Bertz CT molecular complexity index is 985. The summed E-state index contributed by atoms with van der Waals surface area (Å²) in [4.78, 5) is 9.21. The maximum absolute atomic E-state index is 4.86. The van der Waals surface area contributed by atoms with Crippen LogP contribution in [0.25, 0.3) is 22.6 Å². The Morgan fingerprint density at radius 1 is 1.04 bits per heavy atom. The maximum atomic E-state index is 4.86. The zero-order valence-corrected chi connectivity index (χ0v) is 12.9. The molecule has 0 aliphatic rings. The minimum absolute atomic E-state index is 0.620. The van der Waals surface area contributed by atoms with Gasteiger partial charge >= 0.3 is 0 Å². The van der Waals surface area contributed by atoms with Gasteiger partial charge in [-0.3, -0.25) is 4.98 Å². The summed E-state index contributed by atoms with van der Waals surface area (Å²) in [5, 5.41) is 7.89. The van der Waals surface area contributed by atoms with Crippen molar-refractivity contribution < 1.29 is 4.63 Å². The van der Waals surface area contributed by atoms with Gasteiger partial charge in [0, 0.05) is 6.20 Å². The number of hydrogen-bond donors (Lipinski definition) is 0. The Balaban J connectivity index is 1.93. The Labute approximate surface area is 132 Å². The molecule has 1 aromatic carbocycles. The van der Waals surface area contributed by atoms with E-state index < -0.39 is 0 Å². The molecule has 3 aromatic heterocycles. The number of aryl methyl sites for hydroxylation is 2. The minimum atomic E-state index is 0.620. The first kappa shape index (κ1) is 13.6. The molecule has 0 saturated carbocycles. The van der Waals surface area contributed by atoms with Crippen molar-refractivity contribution in [2.24, 2.45) is 0 Å². The quantitative estimate of drug-likeness (QED) is 0.581. The molecule has 0 radical (unpaired) electrons. The topological polar surface area (TPSA) is 69.6 Å². The molecular weight excluding hydrogens is 290 g/mol. The number of benzene rings is 1. The van der Waals surface area contributed by atoms with Crippen LogP contribution < -0.4 is 0 Å². The standard InChI is InChI=1S/C17H15N5O/c1-11-6-5-9-18-14(11)10-22-15-8-4-3-7-13(15)19-17(22)16-12(2)20-23-21-16/h3-9H,10H2,1-2H3. The van der Waals surface area contributed by atoms with Gasteiger partial charge in [0.05, 0.1) is 23.3 Å². The van der Waals surface area contributed by atoms with Crippen LogP contribution in [0.2, 0.25) is 0 Å². The fraction of sp³-hybridized carbons (Fsp3) is 0.176. The Hall–Kier alpha value is -3.02. The normalized spacial score (nSPS) is 11.2. The van der Waals surface area contributed by atoms with Crippen LogP contribution in [0.3, 0.4) is 0 Å². The molecule has 23 heavy (non-hydrogen) atoms. The van der Waals surface area contributed by atoms with Gasteiger partial charge in [-0.2, -0.15) is 0 Å². The third-order valence-corrected chi connectivity index (χ3v) is 3.94. The maximum Gasteiger partial charge on any atom is 0.173 e. The summed E-state index contributed by atoms with van der Waals surface area (Å²) in [5.74, 6) is 0.745. The Morgan fingerprint density at radius 3 is 2.70 bits per heavy atom. The molecule has 3 heterocycles. The van der Waals surface area contributed by atoms with Crippen molar-refractivity contribution in [3.05, 3.63) is 59.5 Å². The monoisotopic (exact) mass is 305 g/mol. The molecule has 0 unspecified atom stereocenters. The van der Waals surface area contributed by atoms with Crippen molar-refractivity contribution in [1.82, 2.24) is 24.8 Å². The molecule has 0 atom stereocenters. The van der Waals surface area contributed by atoms with Crippen molar-refractivity contribution >= 4 is 11.0 Å². The third kappa shape index (κ3) is 2.28. The second kappa shape index (κ2) is 5.31. The van der Waals surface area contributed by atoms with Gasteiger partial charge in [-0.1, -0.05) is 23.4 Å². The summed E-state index contributed by atoms with van der Waals surface area (Å²) in [7, 11) is 0. The van der Waals surface area contributed by atoms with Gasteiger partial charge in [0.15, 0.2) is 11.5 Å². The molecule has 0 aliphatic carbocycles. The largest absolute Gasteiger partial charge is 0.316 e. The number of pyridine rings is 1. The average Bonchev–Trinajstić information content (AvgIpc) is 3.13. The van der Waals surface area contributed by atoms with Crippen LogP contribution in [-0.2, 0) is 6.54 Å². The van der Waals surface area contributed by atoms with E-state index in [-0.39, 0.29) is 0 Å². The van der Waals surface area contributed by atoms with E-state index >= 15 is 0 Å². The number of nitrogens with zero attached hydrogens (tertiary/aromatic N) is 5. The first-order chi connectivity index (χ1) is 11.2. The van der Waals surface area contributed by atoms with Crippen molar-refractivity contribution in [3.8, 4) is 11.5 Å². The molecule has 0 N–H and O–H groups in total. The number of fused-ring (bicyclic) bond motifs is 1. The molecule has 0 fully saturated rings. The van der Waals surface area contributed by atoms with Crippen molar-refractivity contribution in [3.63, 3.8) is 0 Å². The van der Waals surface area contributed by atoms with Crippen molar-refractivity contribution in [2.45, 2.75) is 20.4 Å². The SMILES string of the molecule is Cc1cccnc1Cn1c(-c2nonc2C)nc2ccccc21. The van der Waals surface area contributed by atoms with Crippen LogP contribution in [0.4, 0.5) is 0 Å². The molecule has 0 spiro atoms. The molecule has 0 amide bonds. The predicted molar refractivity (Wildman–Crippen MR) is 85.8 cm³/mol. The molecule has 0 bridgehead atoms. The van der Waals surface area contributed by atoms with Gasteiger partial charge < -0.3 is 4.57 Å². The molecule has 114 valence electrons. The summed E-state index contributed by atoms with van der Waals surface area (Å²) >= 11 is 0. The first-order valence-corrected chi connectivity index (χ1v) is 7.39. The molecule has 4 aromatic rings. The van der Waals surface area contributed by atoms with E-state index in [1.54, 1.807) is 0 Å². The molecule has 4 rings (SSSR count). The van der Waals surface area contributed by atoms with E-state index in [0.29, 0.717) is 12.2 Å². The zero-order chi connectivity index (χ0) is 15.8. The summed E-state index contributed by atoms with van der Waals surface area (Å²) in [5.41, 5.74) is 5.49. The van der Waals surface area contributed by atoms with Crippen LogP contribution >= 0.6 is 0 Å². The lowest BCUT2D eigenvalue weighted by Gasteiger charge is -2.09. The highest BCUT2D eigenvalue weighted by Gasteiger charge is 2.19.